The van der Waals surface area contributed by atoms with Gasteiger partial charge in [0.2, 0.25) is 5.91 Å². The Morgan fingerprint density at radius 3 is 2.74 bits per heavy atom. The lowest BCUT2D eigenvalue weighted by atomic mass is 10.1. The number of pyridine rings is 1. The Balaban J connectivity index is 1.86. The van der Waals surface area contributed by atoms with Gasteiger partial charge in [-0.3, -0.25) is 9.78 Å². The summed E-state index contributed by atoms with van der Waals surface area (Å²) in [6.07, 6.45) is 6.80. The summed E-state index contributed by atoms with van der Waals surface area (Å²) < 4.78 is 0. The first-order chi connectivity index (χ1) is 9.24. The van der Waals surface area contributed by atoms with Crippen LogP contribution < -0.4 is 5.32 Å². The molecule has 0 atom stereocenters. The van der Waals surface area contributed by atoms with Gasteiger partial charge in [-0.1, -0.05) is 35.9 Å². The highest BCUT2D eigenvalue weighted by molar-refractivity contribution is 5.91. The quantitative estimate of drug-likeness (QED) is 0.850. The molecule has 0 fully saturated rings. The summed E-state index contributed by atoms with van der Waals surface area (Å²) in [6, 6.07) is 11.8. The largest absolute Gasteiger partial charge is 0.348 e. The normalized spacial score (nSPS) is 10.6. The fourth-order valence-corrected chi connectivity index (χ4v) is 1.60. The summed E-state index contributed by atoms with van der Waals surface area (Å²) in [6.45, 7) is 2.53. The van der Waals surface area contributed by atoms with Gasteiger partial charge in [0.15, 0.2) is 0 Å². The van der Waals surface area contributed by atoms with Crippen LogP contribution in [-0.4, -0.2) is 10.9 Å². The molecule has 0 saturated heterocycles. The molecule has 3 nitrogen and oxygen atoms in total. The Kier molecular flexibility index (Phi) is 4.45. The van der Waals surface area contributed by atoms with E-state index in [1.165, 1.54) is 5.56 Å². The van der Waals surface area contributed by atoms with E-state index in [9.17, 15) is 4.79 Å². The molecular formula is C16H16N2O. The molecule has 0 aliphatic carbocycles. The molecule has 2 rings (SSSR count). The first-order valence-electron chi connectivity index (χ1n) is 6.15. The number of aryl methyl sites for hydroxylation is 1. The number of aromatic nitrogens is 1. The minimum atomic E-state index is -0.107. The average Bonchev–Trinajstić information content (AvgIpc) is 2.45. The standard InChI is InChI=1S/C16H16N2O/c1-13-4-6-14(7-5-13)8-9-16(19)18-12-15-3-2-10-17-11-15/h2-11H,12H2,1H3,(H,18,19). The third kappa shape index (κ3) is 4.39. The molecule has 2 aromatic rings. The van der Waals surface area contributed by atoms with E-state index in [4.69, 9.17) is 0 Å². The third-order valence-corrected chi connectivity index (χ3v) is 2.69. The highest BCUT2D eigenvalue weighted by atomic mass is 16.1. The van der Waals surface area contributed by atoms with Crippen molar-refractivity contribution in [2.24, 2.45) is 0 Å². The maximum atomic E-state index is 11.6. The van der Waals surface area contributed by atoms with Gasteiger partial charge in [0, 0.05) is 25.0 Å². The Labute approximate surface area is 113 Å². The van der Waals surface area contributed by atoms with E-state index in [1.54, 1.807) is 24.5 Å². The van der Waals surface area contributed by atoms with E-state index >= 15 is 0 Å². The van der Waals surface area contributed by atoms with E-state index in [0.29, 0.717) is 6.54 Å². The lowest BCUT2D eigenvalue weighted by Crippen LogP contribution is -2.20. The maximum Gasteiger partial charge on any atom is 0.244 e. The van der Waals surface area contributed by atoms with Crippen LogP contribution in [0, 0.1) is 6.92 Å². The second-order valence-electron chi connectivity index (χ2n) is 4.32. The molecule has 1 amide bonds. The minimum Gasteiger partial charge on any atom is -0.348 e. The molecule has 19 heavy (non-hydrogen) atoms. The molecular weight excluding hydrogens is 236 g/mol. The van der Waals surface area contributed by atoms with Gasteiger partial charge in [-0.25, -0.2) is 0 Å². The molecule has 1 aromatic carbocycles. The summed E-state index contributed by atoms with van der Waals surface area (Å²) in [5.41, 5.74) is 3.21. The number of rotatable bonds is 4. The second-order valence-corrected chi connectivity index (χ2v) is 4.32. The molecule has 0 aliphatic rings. The lowest BCUT2D eigenvalue weighted by molar-refractivity contribution is -0.116. The fourth-order valence-electron chi connectivity index (χ4n) is 1.60. The van der Waals surface area contributed by atoms with Crippen molar-refractivity contribution in [2.75, 3.05) is 0 Å². The first kappa shape index (κ1) is 13.0. The van der Waals surface area contributed by atoms with E-state index in [0.717, 1.165) is 11.1 Å². The number of nitrogens with one attached hydrogen (secondary N) is 1. The van der Waals surface area contributed by atoms with Crippen LogP contribution in [-0.2, 0) is 11.3 Å². The van der Waals surface area contributed by atoms with Gasteiger partial charge in [-0.15, -0.1) is 0 Å². The topological polar surface area (TPSA) is 42.0 Å². The Bertz CT molecular complexity index is 559. The molecule has 1 heterocycles. The summed E-state index contributed by atoms with van der Waals surface area (Å²) in [7, 11) is 0. The number of hydrogen-bond donors (Lipinski definition) is 1. The average molecular weight is 252 g/mol. The highest BCUT2D eigenvalue weighted by Gasteiger charge is 1.96. The Hall–Kier alpha value is -2.42. The van der Waals surface area contributed by atoms with Gasteiger partial charge in [0.05, 0.1) is 0 Å². The molecule has 1 N–H and O–H groups in total. The smallest absolute Gasteiger partial charge is 0.244 e. The van der Waals surface area contributed by atoms with Crippen molar-refractivity contribution >= 4 is 12.0 Å². The SMILES string of the molecule is Cc1ccc(C=CC(=O)NCc2cccnc2)cc1. The van der Waals surface area contributed by atoms with Crippen LogP contribution in [0.25, 0.3) is 6.08 Å². The fraction of sp³-hybridized carbons (Fsp3) is 0.125. The van der Waals surface area contributed by atoms with E-state index in [-0.39, 0.29) is 5.91 Å². The predicted octanol–water partition coefficient (Wildman–Crippen LogP) is 2.72. The van der Waals surface area contributed by atoms with Crippen LogP contribution in [0.15, 0.2) is 54.9 Å². The second kappa shape index (κ2) is 6.50. The summed E-state index contributed by atoms with van der Waals surface area (Å²) in [5, 5.41) is 2.81. The van der Waals surface area contributed by atoms with Crippen LogP contribution in [0.1, 0.15) is 16.7 Å². The molecule has 0 saturated carbocycles. The molecule has 0 bridgehead atoms. The number of benzene rings is 1. The zero-order valence-electron chi connectivity index (χ0n) is 10.8. The van der Waals surface area contributed by atoms with Gasteiger partial charge >= 0.3 is 0 Å². The van der Waals surface area contributed by atoms with Crippen molar-refractivity contribution in [1.82, 2.24) is 10.3 Å². The maximum absolute atomic E-state index is 11.6. The lowest BCUT2D eigenvalue weighted by Gasteiger charge is -2.01. The Morgan fingerprint density at radius 2 is 2.05 bits per heavy atom. The van der Waals surface area contributed by atoms with Crippen molar-refractivity contribution < 1.29 is 4.79 Å². The first-order valence-corrected chi connectivity index (χ1v) is 6.15. The van der Waals surface area contributed by atoms with E-state index in [2.05, 4.69) is 10.3 Å². The monoisotopic (exact) mass is 252 g/mol. The van der Waals surface area contributed by atoms with E-state index in [1.807, 2.05) is 43.3 Å². The molecule has 0 radical (unpaired) electrons. The molecule has 3 heteroatoms. The molecule has 1 aromatic heterocycles. The predicted molar refractivity (Wildman–Crippen MR) is 76.3 cm³/mol. The van der Waals surface area contributed by atoms with Crippen LogP contribution >= 0.6 is 0 Å². The zero-order valence-corrected chi connectivity index (χ0v) is 10.8. The Morgan fingerprint density at radius 1 is 1.26 bits per heavy atom. The van der Waals surface area contributed by atoms with Gasteiger partial charge in [0.1, 0.15) is 0 Å². The number of amides is 1. The molecule has 0 aliphatic heterocycles. The van der Waals surface area contributed by atoms with E-state index < -0.39 is 0 Å². The summed E-state index contributed by atoms with van der Waals surface area (Å²) in [5.74, 6) is -0.107. The van der Waals surface area contributed by atoms with Gasteiger partial charge in [-0.2, -0.15) is 0 Å². The van der Waals surface area contributed by atoms with Crippen LogP contribution in [0.3, 0.4) is 0 Å². The summed E-state index contributed by atoms with van der Waals surface area (Å²) in [4.78, 5) is 15.6. The number of nitrogens with zero attached hydrogens (tertiary/aromatic N) is 1. The molecule has 96 valence electrons. The number of hydrogen-bond acceptors (Lipinski definition) is 2. The van der Waals surface area contributed by atoms with Crippen LogP contribution in [0.4, 0.5) is 0 Å². The summed E-state index contributed by atoms with van der Waals surface area (Å²) >= 11 is 0. The zero-order chi connectivity index (χ0) is 13.5. The van der Waals surface area contributed by atoms with Gasteiger partial charge in [-0.05, 0) is 30.2 Å². The van der Waals surface area contributed by atoms with Crippen molar-refractivity contribution in [1.29, 1.82) is 0 Å². The van der Waals surface area contributed by atoms with Crippen molar-refractivity contribution in [2.45, 2.75) is 13.5 Å². The van der Waals surface area contributed by atoms with Crippen LogP contribution in [0.2, 0.25) is 0 Å². The van der Waals surface area contributed by atoms with Gasteiger partial charge in [0.25, 0.3) is 0 Å². The number of carbonyl (C=O) groups is 1. The van der Waals surface area contributed by atoms with Crippen LogP contribution in [0.5, 0.6) is 0 Å². The highest BCUT2D eigenvalue weighted by Crippen LogP contribution is 2.04. The van der Waals surface area contributed by atoms with Crippen molar-refractivity contribution in [3.8, 4) is 0 Å². The number of carbonyl (C=O) groups excluding carboxylic acids is 1. The molecule has 0 unspecified atom stereocenters. The van der Waals surface area contributed by atoms with Crippen molar-refractivity contribution in [3.05, 3.63) is 71.6 Å². The minimum absolute atomic E-state index is 0.107. The molecule has 0 spiro atoms. The van der Waals surface area contributed by atoms with Gasteiger partial charge < -0.3 is 5.32 Å². The third-order valence-electron chi connectivity index (χ3n) is 2.69. The van der Waals surface area contributed by atoms with Crippen molar-refractivity contribution in [3.63, 3.8) is 0 Å².